The molecule has 1 atom stereocenters. The molecule has 0 spiro atoms. The first-order chi connectivity index (χ1) is 9.90. The second-order valence-corrected chi connectivity index (χ2v) is 4.29. The molecule has 0 aliphatic carbocycles. The van der Waals surface area contributed by atoms with Crippen molar-refractivity contribution in [3.05, 3.63) is 65.0 Å². The number of rotatable bonds is 4. The maximum absolute atomic E-state index is 13.4. The van der Waals surface area contributed by atoms with Crippen LogP contribution >= 0.6 is 0 Å². The van der Waals surface area contributed by atoms with Gasteiger partial charge in [-0.15, -0.1) is 0 Å². The van der Waals surface area contributed by atoms with Crippen molar-refractivity contribution < 1.29 is 27.1 Å². The molecule has 2 N–H and O–H groups in total. The molecule has 112 valence electrons. The van der Waals surface area contributed by atoms with Crippen LogP contribution in [0.2, 0.25) is 0 Å². The molecule has 21 heavy (non-hydrogen) atoms. The van der Waals surface area contributed by atoms with Gasteiger partial charge in [-0.25, -0.2) is 22.0 Å². The summed E-state index contributed by atoms with van der Waals surface area (Å²) in [7, 11) is 0. The normalized spacial score (nSPS) is 12.3. The van der Waals surface area contributed by atoms with E-state index in [1.807, 2.05) is 0 Å². The quantitative estimate of drug-likeness (QED) is 0.669. The van der Waals surface area contributed by atoms with Crippen molar-refractivity contribution in [2.24, 2.45) is 0 Å². The third-order valence-electron chi connectivity index (χ3n) is 2.82. The average Bonchev–Trinajstić information content (AvgIpc) is 2.42. The molecule has 2 rings (SSSR count). The van der Waals surface area contributed by atoms with Crippen molar-refractivity contribution in [1.29, 1.82) is 0 Å². The SMILES string of the molecule is OC(CNc1cc(F)c(F)c(F)c1)c1c(F)cccc1F. The first kappa shape index (κ1) is 15.2. The lowest BCUT2D eigenvalue weighted by molar-refractivity contribution is 0.181. The van der Waals surface area contributed by atoms with Crippen LogP contribution < -0.4 is 5.32 Å². The fraction of sp³-hybridized carbons (Fsp3) is 0.143. The second kappa shape index (κ2) is 6.09. The van der Waals surface area contributed by atoms with E-state index >= 15 is 0 Å². The van der Waals surface area contributed by atoms with Crippen molar-refractivity contribution >= 4 is 5.69 Å². The van der Waals surface area contributed by atoms with Gasteiger partial charge in [-0.3, -0.25) is 0 Å². The number of aliphatic hydroxyl groups excluding tert-OH is 1. The molecule has 7 heteroatoms. The van der Waals surface area contributed by atoms with Crippen LogP contribution in [0, 0.1) is 29.1 Å². The summed E-state index contributed by atoms with van der Waals surface area (Å²) in [5.74, 6) is -6.34. The van der Waals surface area contributed by atoms with Gasteiger partial charge >= 0.3 is 0 Å². The van der Waals surface area contributed by atoms with Gasteiger partial charge < -0.3 is 10.4 Å². The van der Waals surface area contributed by atoms with Gasteiger partial charge in [0, 0.05) is 24.4 Å². The third kappa shape index (κ3) is 3.30. The summed E-state index contributed by atoms with van der Waals surface area (Å²) in [6.45, 7) is -0.414. The molecule has 0 aliphatic heterocycles. The van der Waals surface area contributed by atoms with Crippen molar-refractivity contribution in [2.75, 3.05) is 11.9 Å². The summed E-state index contributed by atoms with van der Waals surface area (Å²) in [5.41, 5.74) is -0.727. The molecule has 0 bridgehead atoms. The monoisotopic (exact) mass is 303 g/mol. The number of anilines is 1. The van der Waals surface area contributed by atoms with E-state index in [4.69, 9.17) is 0 Å². The van der Waals surface area contributed by atoms with E-state index in [9.17, 15) is 27.1 Å². The Kier molecular flexibility index (Phi) is 4.42. The van der Waals surface area contributed by atoms with Crippen LogP contribution in [0.25, 0.3) is 0 Å². The van der Waals surface area contributed by atoms with E-state index in [0.29, 0.717) is 12.1 Å². The Hall–Kier alpha value is -2.15. The van der Waals surface area contributed by atoms with Gasteiger partial charge in [0.2, 0.25) is 0 Å². The minimum atomic E-state index is -1.62. The van der Waals surface area contributed by atoms with Crippen LogP contribution in [0.5, 0.6) is 0 Å². The van der Waals surface area contributed by atoms with Crippen LogP contribution in [0.3, 0.4) is 0 Å². The van der Waals surface area contributed by atoms with Crippen molar-refractivity contribution in [1.82, 2.24) is 0 Å². The smallest absolute Gasteiger partial charge is 0.194 e. The summed E-state index contributed by atoms with van der Waals surface area (Å²) in [6, 6.07) is 4.42. The third-order valence-corrected chi connectivity index (χ3v) is 2.82. The maximum atomic E-state index is 13.4. The van der Waals surface area contributed by atoms with Gasteiger partial charge in [0.05, 0.1) is 5.56 Å². The number of benzene rings is 2. The number of hydrogen-bond donors (Lipinski definition) is 2. The van der Waals surface area contributed by atoms with E-state index in [2.05, 4.69) is 5.32 Å². The molecule has 0 amide bonds. The minimum absolute atomic E-state index is 0.165. The molecule has 0 aliphatic rings. The van der Waals surface area contributed by atoms with E-state index in [0.717, 1.165) is 18.2 Å². The lowest BCUT2D eigenvalue weighted by atomic mass is 10.1. The van der Waals surface area contributed by atoms with Crippen LogP contribution in [-0.4, -0.2) is 11.7 Å². The predicted octanol–water partition coefficient (Wildman–Crippen LogP) is 3.53. The molecule has 0 fully saturated rings. The van der Waals surface area contributed by atoms with E-state index in [1.165, 1.54) is 0 Å². The Morgan fingerprint density at radius 1 is 0.905 bits per heavy atom. The molecule has 2 aromatic carbocycles. The predicted molar refractivity (Wildman–Crippen MR) is 66.1 cm³/mol. The molecular formula is C14H10F5NO. The summed E-state index contributed by atoms with van der Waals surface area (Å²) in [6.07, 6.45) is -1.58. The highest BCUT2D eigenvalue weighted by Gasteiger charge is 2.18. The van der Waals surface area contributed by atoms with Crippen molar-refractivity contribution in [3.63, 3.8) is 0 Å². The fourth-order valence-corrected chi connectivity index (χ4v) is 1.80. The summed E-state index contributed by atoms with van der Waals surface area (Å²) in [5, 5.41) is 12.1. The standard InChI is InChI=1S/C14H10F5NO/c15-8-2-1-3-9(16)13(8)12(21)6-20-7-4-10(17)14(19)11(18)5-7/h1-5,12,20-21H,6H2. The molecule has 0 heterocycles. The lowest BCUT2D eigenvalue weighted by Crippen LogP contribution is -2.15. The molecule has 0 radical (unpaired) electrons. The summed E-state index contributed by atoms with van der Waals surface area (Å²) in [4.78, 5) is 0. The fourth-order valence-electron chi connectivity index (χ4n) is 1.80. The largest absolute Gasteiger partial charge is 0.386 e. The average molecular weight is 303 g/mol. The number of hydrogen-bond acceptors (Lipinski definition) is 2. The van der Waals surface area contributed by atoms with Gasteiger partial charge in [-0.05, 0) is 12.1 Å². The van der Waals surface area contributed by atoms with E-state index in [-0.39, 0.29) is 5.69 Å². The van der Waals surface area contributed by atoms with Crippen molar-refractivity contribution in [2.45, 2.75) is 6.10 Å². The molecule has 2 nitrogen and oxygen atoms in total. The molecule has 0 aromatic heterocycles. The first-order valence-electron chi connectivity index (χ1n) is 5.90. The zero-order valence-corrected chi connectivity index (χ0v) is 10.5. The minimum Gasteiger partial charge on any atom is -0.386 e. The van der Waals surface area contributed by atoms with Gasteiger partial charge in [0.25, 0.3) is 0 Å². The van der Waals surface area contributed by atoms with Crippen LogP contribution in [0.4, 0.5) is 27.6 Å². The number of aliphatic hydroxyl groups is 1. The zero-order valence-electron chi connectivity index (χ0n) is 10.5. The van der Waals surface area contributed by atoms with E-state index < -0.39 is 47.3 Å². The highest BCUT2D eigenvalue weighted by molar-refractivity contribution is 5.44. The number of halogens is 5. The highest BCUT2D eigenvalue weighted by Crippen LogP contribution is 2.22. The molecule has 0 saturated heterocycles. The Labute approximate surface area is 116 Å². The van der Waals surface area contributed by atoms with Crippen LogP contribution in [0.1, 0.15) is 11.7 Å². The Morgan fingerprint density at radius 3 is 1.95 bits per heavy atom. The molecule has 1 unspecified atom stereocenters. The lowest BCUT2D eigenvalue weighted by Gasteiger charge is -2.15. The van der Waals surface area contributed by atoms with E-state index in [1.54, 1.807) is 0 Å². The Balaban J connectivity index is 2.13. The summed E-state index contributed by atoms with van der Waals surface area (Å²) < 4.78 is 65.5. The zero-order chi connectivity index (χ0) is 15.6. The Morgan fingerprint density at radius 2 is 1.43 bits per heavy atom. The van der Waals surface area contributed by atoms with Crippen LogP contribution in [0.15, 0.2) is 30.3 Å². The molecule has 2 aromatic rings. The van der Waals surface area contributed by atoms with Crippen molar-refractivity contribution in [3.8, 4) is 0 Å². The van der Waals surface area contributed by atoms with Crippen LogP contribution in [-0.2, 0) is 0 Å². The topological polar surface area (TPSA) is 32.3 Å². The van der Waals surface area contributed by atoms with Gasteiger partial charge in [0.1, 0.15) is 17.7 Å². The van der Waals surface area contributed by atoms with Gasteiger partial charge in [0.15, 0.2) is 17.5 Å². The molecular weight excluding hydrogens is 293 g/mol. The Bertz CT molecular complexity index is 619. The highest BCUT2D eigenvalue weighted by atomic mass is 19.2. The number of nitrogens with one attached hydrogen (secondary N) is 1. The summed E-state index contributed by atoms with van der Waals surface area (Å²) >= 11 is 0. The molecule has 0 saturated carbocycles. The second-order valence-electron chi connectivity index (χ2n) is 4.29. The van der Waals surface area contributed by atoms with Gasteiger partial charge in [-0.1, -0.05) is 6.07 Å². The van der Waals surface area contributed by atoms with Gasteiger partial charge in [-0.2, -0.15) is 0 Å². The first-order valence-corrected chi connectivity index (χ1v) is 5.90. The maximum Gasteiger partial charge on any atom is 0.194 e.